The molecular weight excluding hydrogens is 311 g/mol. The number of hydrogen-bond acceptors (Lipinski definition) is 2. The summed E-state index contributed by atoms with van der Waals surface area (Å²) in [5.74, 6) is 0.468. The molecule has 1 heterocycles. The molecule has 0 saturated heterocycles. The molecule has 0 atom stereocenters. The number of imidazole rings is 1. The molecule has 2 rings (SSSR count). The number of halogens is 4. The molecule has 0 amide bonds. The predicted molar refractivity (Wildman–Crippen MR) is 65.6 cm³/mol. The van der Waals surface area contributed by atoms with Crippen LogP contribution in [0.2, 0.25) is 0 Å². The van der Waals surface area contributed by atoms with Crippen molar-refractivity contribution >= 4 is 27.6 Å². The topological polar surface area (TPSA) is 29.9 Å². The first-order chi connectivity index (χ1) is 8.38. The van der Waals surface area contributed by atoms with Gasteiger partial charge >= 0.3 is 6.18 Å². The first-order valence-electron chi connectivity index (χ1n) is 4.99. The maximum atomic E-state index is 12.6. The van der Waals surface area contributed by atoms with Crippen molar-refractivity contribution in [3.8, 4) is 0 Å². The Morgan fingerprint density at radius 1 is 1.33 bits per heavy atom. The molecule has 0 radical (unpaired) electrons. The van der Waals surface area contributed by atoms with E-state index in [9.17, 15) is 13.2 Å². The fraction of sp³-hybridized carbons (Fsp3) is 0.182. The maximum Gasteiger partial charge on any atom is 0.416 e. The largest absolute Gasteiger partial charge is 0.416 e. The Morgan fingerprint density at radius 3 is 2.61 bits per heavy atom. The summed E-state index contributed by atoms with van der Waals surface area (Å²) in [5, 5.41) is 2.84. The van der Waals surface area contributed by atoms with Crippen LogP contribution in [-0.2, 0) is 13.2 Å². The number of aromatic nitrogens is 2. The van der Waals surface area contributed by atoms with E-state index in [2.05, 4.69) is 26.2 Å². The Morgan fingerprint density at radius 2 is 2.06 bits per heavy atom. The Balaban J connectivity index is 2.36. The molecule has 0 aliphatic carbocycles. The van der Waals surface area contributed by atoms with Crippen LogP contribution in [0.5, 0.6) is 0 Å². The van der Waals surface area contributed by atoms with Gasteiger partial charge in [-0.3, -0.25) is 0 Å². The van der Waals surface area contributed by atoms with Crippen LogP contribution in [0.1, 0.15) is 5.56 Å². The van der Waals surface area contributed by atoms with Gasteiger partial charge in [0.1, 0.15) is 0 Å². The number of alkyl halides is 3. The molecule has 1 aromatic carbocycles. The summed E-state index contributed by atoms with van der Waals surface area (Å²) in [5.41, 5.74) is -0.387. The van der Waals surface area contributed by atoms with Gasteiger partial charge in [0.15, 0.2) is 0 Å². The van der Waals surface area contributed by atoms with Gasteiger partial charge < -0.3 is 9.88 Å². The van der Waals surface area contributed by atoms with Crippen LogP contribution in [-0.4, -0.2) is 9.55 Å². The predicted octanol–water partition coefficient (Wildman–Crippen LogP) is 3.95. The van der Waals surface area contributed by atoms with Crippen molar-refractivity contribution in [2.75, 3.05) is 5.32 Å². The highest BCUT2D eigenvalue weighted by molar-refractivity contribution is 9.10. The third-order valence-electron chi connectivity index (χ3n) is 2.36. The molecular formula is C11H9BrF3N3. The summed E-state index contributed by atoms with van der Waals surface area (Å²) in [4.78, 5) is 3.99. The van der Waals surface area contributed by atoms with Crippen molar-refractivity contribution in [1.29, 1.82) is 0 Å². The van der Waals surface area contributed by atoms with Gasteiger partial charge in [0, 0.05) is 23.9 Å². The summed E-state index contributed by atoms with van der Waals surface area (Å²) in [6, 6.07) is 3.42. The summed E-state index contributed by atoms with van der Waals surface area (Å²) in [7, 11) is 1.75. The maximum absolute atomic E-state index is 12.6. The lowest BCUT2D eigenvalue weighted by Crippen LogP contribution is -2.06. The average Bonchev–Trinajstić information content (AvgIpc) is 2.66. The summed E-state index contributed by atoms with van der Waals surface area (Å²) in [6.07, 6.45) is -1.10. The standard InChI is InChI=1S/C11H9BrF3N3/c1-18-5-4-16-10(18)17-9-6-7(11(13,14)15)2-3-8(9)12/h2-6H,1H3,(H,16,17). The van der Waals surface area contributed by atoms with Gasteiger partial charge in [-0.1, -0.05) is 0 Å². The third-order valence-corrected chi connectivity index (χ3v) is 3.05. The molecule has 3 nitrogen and oxygen atoms in total. The lowest BCUT2D eigenvalue weighted by molar-refractivity contribution is -0.137. The van der Waals surface area contributed by atoms with Crippen molar-refractivity contribution in [2.45, 2.75) is 6.18 Å². The molecule has 2 aromatic rings. The Kier molecular flexibility index (Phi) is 3.34. The highest BCUT2D eigenvalue weighted by Gasteiger charge is 2.30. The first-order valence-corrected chi connectivity index (χ1v) is 5.78. The van der Waals surface area contributed by atoms with Crippen LogP contribution in [0.3, 0.4) is 0 Å². The normalized spacial score (nSPS) is 11.6. The van der Waals surface area contributed by atoms with Gasteiger partial charge in [-0.25, -0.2) is 4.98 Å². The average molecular weight is 320 g/mol. The van der Waals surface area contributed by atoms with Gasteiger partial charge in [0.25, 0.3) is 0 Å². The summed E-state index contributed by atoms with van der Waals surface area (Å²) < 4.78 is 40.0. The monoisotopic (exact) mass is 319 g/mol. The van der Waals surface area contributed by atoms with Crippen LogP contribution in [0, 0.1) is 0 Å². The number of anilines is 2. The van der Waals surface area contributed by atoms with Crippen LogP contribution >= 0.6 is 15.9 Å². The van der Waals surface area contributed by atoms with Crippen molar-refractivity contribution < 1.29 is 13.2 Å². The van der Waals surface area contributed by atoms with E-state index in [0.29, 0.717) is 16.1 Å². The van der Waals surface area contributed by atoms with Gasteiger partial charge in [0.2, 0.25) is 5.95 Å². The Hall–Kier alpha value is -1.50. The molecule has 0 unspecified atom stereocenters. The van der Waals surface area contributed by atoms with E-state index >= 15 is 0 Å². The van der Waals surface area contributed by atoms with Gasteiger partial charge in [-0.05, 0) is 34.1 Å². The van der Waals surface area contributed by atoms with E-state index in [0.717, 1.165) is 12.1 Å². The summed E-state index contributed by atoms with van der Waals surface area (Å²) >= 11 is 3.20. The molecule has 1 N–H and O–H groups in total. The van der Waals surface area contributed by atoms with Crippen molar-refractivity contribution in [1.82, 2.24) is 9.55 Å². The highest BCUT2D eigenvalue weighted by Crippen LogP contribution is 2.34. The smallest absolute Gasteiger partial charge is 0.325 e. The van der Waals surface area contributed by atoms with Crippen molar-refractivity contribution in [2.24, 2.45) is 7.05 Å². The number of nitrogens with one attached hydrogen (secondary N) is 1. The molecule has 0 fully saturated rings. The van der Waals surface area contributed by atoms with E-state index in [1.807, 2.05) is 0 Å². The minimum absolute atomic E-state index is 0.319. The Bertz CT molecular complexity index is 563. The van der Waals surface area contributed by atoms with E-state index in [1.165, 1.54) is 6.07 Å². The number of benzene rings is 1. The molecule has 18 heavy (non-hydrogen) atoms. The fourth-order valence-electron chi connectivity index (χ4n) is 1.40. The molecule has 7 heteroatoms. The molecule has 0 spiro atoms. The van der Waals surface area contributed by atoms with Gasteiger partial charge in [0.05, 0.1) is 11.3 Å². The lowest BCUT2D eigenvalue weighted by Gasteiger charge is -2.12. The fourth-order valence-corrected chi connectivity index (χ4v) is 1.75. The van der Waals surface area contributed by atoms with E-state index < -0.39 is 11.7 Å². The number of hydrogen-bond donors (Lipinski definition) is 1. The van der Waals surface area contributed by atoms with Crippen molar-refractivity contribution in [3.63, 3.8) is 0 Å². The molecule has 0 saturated carbocycles. The second-order valence-electron chi connectivity index (χ2n) is 3.68. The van der Waals surface area contributed by atoms with E-state index in [-0.39, 0.29) is 0 Å². The lowest BCUT2D eigenvalue weighted by atomic mass is 10.2. The first kappa shape index (κ1) is 12.9. The highest BCUT2D eigenvalue weighted by atomic mass is 79.9. The van der Waals surface area contributed by atoms with Gasteiger partial charge in [-0.15, -0.1) is 0 Å². The van der Waals surface area contributed by atoms with Crippen LogP contribution < -0.4 is 5.32 Å². The minimum Gasteiger partial charge on any atom is -0.325 e. The molecule has 96 valence electrons. The molecule has 0 aliphatic rings. The van der Waals surface area contributed by atoms with Crippen LogP contribution in [0.15, 0.2) is 35.1 Å². The quantitative estimate of drug-likeness (QED) is 0.908. The van der Waals surface area contributed by atoms with E-state index in [4.69, 9.17) is 0 Å². The van der Waals surface area contributed by atoms with Crippen LogP contribution in [0.4, 0.5) is 24.8 Å². The number of rotatable bonds is 2. The molecule has 1 aromatic heterocycles. The SMILES string of the molecule is Cn1ccnc1Nc1cc(C(F)(F)F)ccc1Br. The number of nitrogens with zero attached hydrogens (tertiary/aromatic N) is 2. The van der Waals surface area contributed by atoms with Gasteiger partial charge in [-0.2, -0.15) is 13.2 Å². The zero-order chi connectivity index (χ0) is 13.3. The summed E-state index contributed by atoms with van der Waals surface area (Å²) in [6.45, 7) is 0. The van der Waals surface area contributed by atoms with Crippen molar-refractivity contribution in [3.05, 3.63) is 40.6 Å². The number of aryl methyl sites for hydroxylation is 1. The molecule has 0 aliphatic heterocycles. The zero-order valence-corrected chi connectivity index (χ0v) is 10.9. The second-order valence-corrected chi connectivity index (χ2v) is 4.53. The van der Waals surface area contributed by atoms with Crippen LogP contribution in [0.25, 0.3) is 0 Å². The zero-order valence-electron chi connectivity index (χ0n) is 9.29. The second kappa shape index (κ2) is 4.64. The Labute approximate surface area is 110 Å². The third kappa shape index (κ3) is 2.66. The minimum atomic E-state index is -4.36. The molecule has 0 bridgehead atoms. The van der Waals surface area contributed by atoms with E-state index in [1.54, 1.807) is 24.0 Å².